The molecule has 2 saturated heterocycles. The van der Waals surface area contributed by atoms with E-state index in [0.29, 0.717) is 23.7 Å². The number of alkyl halides is 3. The molecule has 1 aromatic heterocycles. The molecule has 3 fully saturated rings. The van der Waals surface area contributed by atoms with E-state index in [2.05, 4.69) is 19.8 Å². The van der Waals surface area contributed by atoms with Crippen molar-refractivity contribution in [2.75, 3.05) is 31.1 Å². The van der Waals surface area contributed by atoms with Gasteiger partial charge in [0.05, 0.1) is 6.20 Å². The lowest BCUT2D eigenvalue weighted by atomic mass is 9.89. The molecule has 10 heteroatoms. The predicted octanol–water partition coefficient (Wildman–Crippen LogP) is 2.19. The number of carboxylic acid groups (broad SMARTS) is 1. The van der Waals surface area contributed by atoms with E-state index in [-0.39, 0.29) is 0 Å². The van der Waals surface area contributed by atoms with Crippen LogP contribution in [0, 0.1) is 17.8 Å². The maximum absolute atomic E-state index is 12.3. The number of anilines is 1. The Bertz CT molecular complexity index is 697. The minimum atomic E-state index is -5.08. The number of nitrogens with zero attached hydrogens (tertiary/aromatic N) is 4. The maximum Gasteiger partial charge on any atom is 0.490 e. The summed E-state index contributed by atoms with van der Waals surface area (Å²) in [5.74, 6) is 0.574. The van der Waals surface area contributed by atoms with E-state index in [1.165, 1.54) is 12.8 Å². The first-order valence-electron chi connectivity index (χ1n) is 9.33. The summed E-state index contributed by atoms with van der Waals surface area (Å²) in [6.45, 7) is 3.96. The number of aromatic nitrogens is 2. The van der Waals surface area contributed by atoms with Gasteiger partial charge in [0.25, 0.3) is 0 Å². The van der Waals surface area contributed by atoms with Crippen LogP contribution in [-0.4, -0.2) is 64.2 Å². The van der Waals surface area contributed by atoms with Gasteiger partial charge in [0, 0.05) is 45.0 Å². The van der Waals surface area contributed by atoms with Gasteiger partial charge in [-0.1, -0.05) is 0 Å². The number of aliphatic carboxylic acids is 1. The fraction of sp³-hybridized carbons (Fsp3) is 0.667. The fourth-order valence-corrected chi connectivity index (χ4v) is 3.73. The topological polar surface area (TPSA) is 86.6 Å². The molecule has 28 heavy (non-hydrogen) atoms. The Morgan fingerprint density at radius 2 is 1.79 bits per heavy atom. The van der Waals surface area contributed by atoms with Gasteiger partial charge in [0.15, 0.2) is 0 Å². The van der Waals surface area contributed by atoms with Gasteiger partial charge in [-0.25, -0.2) is 9.78 Å². The number of hydrogen-bond acceptors (Lipinski definition) is 5. The number of piperidine rings is 1. The van der Waals surface area contributed by atoms with Crippen LogP contribution in [-0.2, 0) is 9.59 Å². The smallest absolute Gasteiger partial charge is 0.475 e. The van der Waals surface area contributed by atoms with Gasteiger partial charge < -0.3 is 14.9 Å². The van der Waals surface area contributed by atoms with E-state index in [1.807, 2.05) is 6.20 Å². The molecule has 1 aromatic rings. The van der Waals surface area contributed by atoms with Crippen LogP contribution in [0.15, 0.2) is 18.6 Å². The van der Waals surface area contributed by atoms with Crippen molar-refractivity contribution in [1.82, 2.24) is 14.9 Å². The number of carbonyl (C=O) groups is 2. The monoisotopic (exact) mass is 400 g/mol. The molecule has 0 spiro atoms. The van der Waals surface area contributed by atoms with E-state index in [1.54, 1.807) is 12.4 Å². The van der Waals surface area contributed by atoms with Crippen LogP contribution < -0.4 is 4.90 Å². The second-order valence-corrected chi connectivity index (χ2v) is 7.57. The minimum Gasteiger partial charge on any atom is -0.475 e. The summed E-state index contributed by atoms with van der Waals surface area (Å²) < 4.78 is 31.7. The molecule has 0 radical (unpaired) electrons. The molecule has 1 N–H and O–H groups in total. The van der Waals surface area contributed by atoms with Gasteiger partial charge in [0.2, 0.25) is 5.91 Å². The number of carboxylic acids is 1. The zero-order valence-electron chi connectivity index (χ0n) is 15.3. The Morgan fingerprint density at radius 3 is 2.36 bits per heavy atom. The van der Waals surface area contributed by atoms with Crippen LogP contribution in [0.1, 0.15) is 25.7 Å². The Hall–Kier alpha value is -2.39. The van der Waals surface area contributed by atoms with Crippen LogP contribution in [0.25, 0.3) is 0 Å². The molecule has 2 aliphatic heterocycles. The van der Waals surface area contributed by atoms with Crippen molar-refractivity contribution < 1.29 is 27.9 Å². The van der Waals surface area contributed by atoms with Crippen LogP contribution in [0.3, 0.4) is 0 Å². The first-order valence-corrected chi connectivity index (χ1v) is 9.33. The van der Waals surface area contributed by atoms with Gasteiger partial charge in [-0.2, -0.15) is 13.2 Å². The number of carbonyl (C=O) groups excluding carboxylic acids is 1. The Balaban J connectivity index is 0.000000279. The van der Waals surface area contributed by atoms with Crippen molar-refractivity contribution >= 4 is 17.7 Å². The van der Waals surface area contributed by atoms with E-state index in [0.717, 1.165) is 44.8 Å². The summed E-state index contributed by atoms with van der Waals surface area (Å²) in [7, 11) is 0. The quantitative estimate of drug-likeness (QED) is 0.837. The van der Waals surface area contributed by atoms with Gasteiger partial charge in [0.1, 0.15) is 5.82 Å². The predicted molar refractivity (Wildman–Crippen MR) is 93.5 cm³/mol. The zero-order chi connectivity index (χ0) is 20.3. The van der Waals surface area contributed by atoms with E-state index >= 15 is 0 Å². The second-order valence-electron chi connectivity index (χ2n) is 7.57. The molecule has 0 bridgehead atoms. The Kier molecular flexibility index (Phi) is 6.04. The summed E-state index contributed by atoms with van der Waals surface area (Å²) in [4.78, 5) is 34.2. The third-order valence-corrected chi connectivity index (χ3v) is 5.43. The lowest BCUT2D eigenvalue weighted by Crippen LogP contribution is -2.40. The van der Waals surface area contributed by atoms with Crippen LogP contribution in [0.2, 0.25) is 0 Å². The van der Waals surface area contributed by atoms with E-state index in [9.17, 15) is 18.0 Å². The molecule has 7 nitrogen and oxygen atoms in total. The molecular formula is C18H23F3N4O3. The van der Waals surface area contributed by atoms with Crippen molar-refractivity contribution in [3.05, 3.63) is 18.6 Å². The molecule has 4 rings (SSSR count). The summed E-state index contributed by atoms with van der Waals surface area (Å²) in [5.41, 5.74) is 0. The Labute approximate surface area is 160 Å². The third kappa shape index (κ3) is 5.32. The summed E-state index contributed by atoms with van der Waals surface area (Å²) >= 11 is 0. The standard InChI is InChI=1S/C16H22N4O.C2HF3O2/c21-16(7-12-1-2-12)20-9-13-3-6-19(10-14(13)11-20)15-8-17-4-5-18-15;3-2(4,5)1(6)7/h4-5,8,12-14H,1-3,6-7,9-11H2;(H,6,7)/t13-,14+;/m0./s1. The number of halogens is 3. The van der Waals surface area contributed by atoms with Gasteiger partial charge in [-0.3, -0.25) is 9.78 Å². The highest BCUT2D eigenvalue weighted by atomic mass is 19.4. The lowest BCUT2D eigenvalue weighted by molar-refractivity contribution is -0.192. The van der Waals surface area contributed by atoms with Crippen LogP contribution in [0.4, 0.5) is 19.0 Å². The second kappa shape index (κ2) is 8.32. The largest absolute Gasteiger partial charge is 0.490 e. The highest BCUT2D eigenvalue weighted by molar-refractivity contribution is 5.77. The van der Waals surface area contributed by atoms with Crippen molar-refractivity contribution in [2.24, 2.45) is 17.8 Å². The summed E-state index contributed by atoms with van der Waals surface area (Å²) in [6, 6.07) is 0. The first-order chi connectivity index (χ1) is 13.2. The van der Waals surface area contributed by atoms with Gasteiger partial charge in [-0.05, 0) is 37.0 Å². The highest BCUT2D eigenvalue weighted by Crippen LogP contribution is 2.36. The number of amides is 1. The van der Waals surface area contributed by atoms with Crippen LogP contribution in [0.5, 0.6) is 0 Å². The molecule has 154 valence electrons. The summed E-state index contributed by atoms with van der Waals surface area (Å²) in [5, 5.41) is 7.12. The lowest BCUT2D eigenvalue weighted by Gasteiger charge is -2.34. The van der Waals surface area contributed by atoms with Crippen molar-refractivity contribution in [2.45, 2.75) is 31.9 Å². The highest BCUT2D eigenvalue weighted by Gasteiger charge is 2.40. The molecule has 1 aliphatic carbocycles. The number of hydrogen-bond donors (Lipinski definition) is 1. The molecule has 2 atom stereocenters. The maximum atomic E-state index is 12.3. The average molecular weight is 400 g/mol. The normalized spacial score (nSPS) is 24.2. The number of rotatable bonds is 3. The van der Waals surface area contributed by atoms with Gasteiger partial charge >= 0.3 is 12.1 Å². The van der Waals surface area contributed by atoms with Crippen LogP contribution >= 0.6 is 0 Å². The zero-order valence-corrected chi connectivity index (χ0v) is 15.3. The molecule has 3 aliphatic rings. The molecule has 3 heterocycles. The molecule has 1 amide bonds. The van der Waals surface area contributed by atoms with Crippen molar-refractivity contribution in [1.29, 1.82) is 0 Å². The first kappa shape index (κ1) is 20.3. The third-order valence-electron chi connectivity index (χ3n) is 5.43. The minimum absolute atomic E-state index is 0.387. The van der Waals surface area contributed by atoms with Crippen molar-refractivity contribution in [3.8, 4) is 0 Å². The number of likely N-dealkylation sites (tertiary alicyclic amines) is 1. The summed E-state index contributed by atoms with van der Waals surface area (Å²) in [6.07, 6.45) is 4.68. The van der Waals surface area contributed by atoms with E-state index in [4.69, 9.17) is 9.90 Å². The van der Waals surface area contributed by atoms with E-state index < -0.39 is 12.1 Å². The number of fused-ring (bicyclic) bond motifs is 1. The van der Waals surface area contributed by atoms with Crippen molar-refractivity contribution in [3.63, 3.8) is 0 Å². The SMILES string of the molecule is O=C(CC1CC1)N1C[C@@H]2CCN(c3cnccn3)C[C@@H]2C1.O=C(O)C(F)(F)F. The fourth-order valence-electron chi connectivity index (χ4n) is 3.73. The molecular weight excluding hydrogens is 377 g/mol. The molecule has 0 aromatic carbocycles. The van der Waals surface area contributed by atoms with Gasteiger partial charge in [-0.15, -0.1) is 0 Å². The molecule has 0 unspecified atom stereocenters. The average Bonchev–Trinajstić information content (AvgIpc) is 3.36. The molecule has 1 saturated carbocycles. The Morgan fingerprint density at radius 1 is 1.11 bits per heavy atom.